The number of benzene rings is 1. The van der Waals surface area contributed by atoms with Crippen LogP contribution in [0, 0.1) is 0 Å². The van der Waals surface area contributed by atoms with Gasteiger partial charge in [-0.05, 0) is 28.6 Å². The molecule has 0 aliphatic heterocycles. The Bertz CT molecular complexity index is 443. The van der Waals surface area contributed by atoms with Crippen LogP contribution in [-0.2, 0) is 4.79 Å². The Morgan fingerprint density at radius 1 is 1.25 bits per heavy atom. The van der Waals surface area contributed by atoms with Crippen molar-refractivity contribution < 1.29 is 9.90 Å². The smallest absolute Gasteiger partial charge is 0.160 e. The molecule has 60 valence electrons. The highest BCUT2D eigenvalue weighted by Gasteiger charge is 2.00. The van der Waals surface area contributed by atoms with Crippen molar-refractivity contribution in [1.29, 1.82) is 0 Å². The van der Waals surface area contributed by atoms with E-state index in [0.717, 1.165) is 10.4 Å². The fourth-order valence-electron chi connectivity index (χ4n) is 1.31. The first-order chi connectivity index (χ1) is 5.75. The van der Waals surface area contributed by atoms with E-state index >= 15 is 0 Å². The first kappa shape index (κ1) is 7.10. The zero-order valence-electron chi connectivity index (χ0n) is 6.45. The van der Waals surface area contributed by atoms with Crippen LogP contribution in [0.3, 0.4) is 0 Å². The molecule has 2 nitrogen and oxygen atoms in total. The second kappa shape index (κ2) is 2.48. The lowest BCUT2D eigenvalue weighted by molar-refractivity contribution is -0.112. The third-order valence-corrected chi connectivity index (χ3v) is 1.91. The van der Waals surface area contributed by atoms with E-state index in [1.165, 1.54) is 0 Å². The van der Waals surface area contributed by atoms with Gasteiger partial charge in [0, 0.05) is 6.42 Å². The third kappa shape index (κ3) is 1.11. The van der Waals surface area contributed by atoms with Crippen LogP contribution in [0.2, 0.25) is 0 Å². The minimum Gasteiger partial charge on any atom is -0.508 e. The van der Waals surface area contributed by atoms with Crippen LogP contribution in [-0.4, -0.2) is 10.9 Å². The molecule has 12 heavy (non-hydrogen) atoms. The van der Waals surface area contributed by atoms with Crippen molar-refractivity contribution in [3.8, 4) is 5.75 Å². The molecule has 1 aliphatic carbocycles. The Hall–Kier alpha value is -1.57. The van der Waals surface area contributed by atoms with Crippen molar-refractivity contribution in [2.75, 3.05) is 0 Å². The summed E-state index contributed by atoms with van der Waals surface area (Å²) in [6, 6.07) is 5.00. The van der Waals surface area contributed by atoms with Crippen LogP contribution in [0.4, 0.5) is 0 Å². The molecule has 2 rings (SSSR count). The van der Waals surface area contributed by atoms with Crippen LogP contribution in [0.15, 0.2) is 18.2 Å². The van der Waals surface area contributed by atoms with E-state index < -0.39 is 0 Å². The highest BCUT2D eigenvalue weighted by atomic mass is 16.3. The Morgan fingerprint density at radius 3 is 2.92 bits per heavy atom. The number of phenols is 1. The summed E-state index contributed by atoms with van der Waals surface area (Å²) in [6.45, 7) is 0. The summed E-state index contributed by atoms with van der Waals surface area (Å²) in [6.07, 6.45) is 3.88. The van der Waals surface area contributed by atoms with Gasteiger partial charge in [-0.25, -0.2) is 0 Å². The van der Waals surface area contributed by atoms with Crippen LogP contribution in [0.1, 0.15) is 6.42 Å². The fourth-order valence-corrected chi connectivity index (χ4v) is 1.31. The number of fused-ring (bicyclic) bond motifs is 1. The molecule has 0 unspecified atom stereocenters. The zero-order valence-corrected chi connectivity index (χ0v) is 6.45. The number of phenolic OH excluding ortho intramolecular Hbond substituents is 1. The molecule has 0 bridgehead atoms. The van der Waals surface area contributed by atoms with E-state index in [4.69, 9.17) is 5.11 Å². The lowest BCUT2D eigenvalue weighted by atomic mass is 10.1. The van der Waals surface area contributed by atoms with Crippen molar-refractivity contribution in [2.45, 2.75) is 6.42 Å². The molecule has 0 heterocycles. The molecule has 0 saturated carbocycles. The zero-order chi connectivity index (χ0) is 8.55. The summed E-state index contributed by atoms with van der Waals surface area (Å²) in [7, 11) is 0. The van der Waals surface area contributed by atoms with Gasteiger partial charge in [0.05, 0.1) is 0 Å². The predicted octanol–water partition coefficient (Wildman–Crippen LogP) is -0.0740. The lowest BCUT2D eigenvalue weighted by Crippen LogP contribution is -2.28. The number of carbonyl (C=O) groups is 1. The van der Waals surface area contributed by atoms with Gasteiger partial charge < -0.3 is 5.11 Å². The lowest BCUT2D eigenvalue weighted by Gasteiger charge is -1.98. The number of Topliss-reactive ketones (excluding diaryl/α,β-unsaturated/α-hetero) is 1. The topological polar surface area (TPSA) is 37.3 Å². The highest BCUT2D eigenvalue weighted by molar-refractivity contribution is 6.09. The van der Waals surface area contributed by atoms with Gasteiger partial charge in [-0.15, -0.1) is 0 Å². The molecule has 1 aromatic carbocycles. The second-order valence-corrected chi connectivity index (χ2v) is 2.83. The normalized spacial score (nSPS) is 14.5. The molecule has 1 N–H and O–H groups in total. The summed E-state index contributed by atoms with van der Waals surface area (Å²) in [5, 5.41) is 11.0. The van der Waals surface area contributed by atoms with E-state index in [1.807, 2.05) is 6.08 Å². The maximum atomic E-state index is 11.0. The van der Waals surface area contributed by atoms with Crippen molar-refractivity contribution in [3.05, 3.63) is 28.6 Å². The van der Waals surface area contributed by atoms with Crippen molar-refractivity contribution in [2.24, 2.45) is 0 Å². The maximum Gasteiger partial charge on any atom is 0.160 e. The van der Waals surface area contributed by atoms with Gasteiger partial charge in [0.25, 0.3) is 0 Å². The van der Waals surface area contributed by atoms with Crippen molar-refractivity contribution >= 4 is 17.9 Å². The summed E-state index contributed by atoms with van der Waals surface area (Å²) in [5.41, 5.74) is 0. The Morgan fingerprint density at radius 2 is 2.08 bits per heavy atom. The Kier molecular flexibility index (Phi) is 1.47. The number of carbonyl (C=O) groups excluding carboxylic acids is 1. The fraction of sp³-hybridized carbons (Fsp3) is 0.100. The first-order valence-electron chi connectivity index (χ1n) is 3.79. The minimum atomic E-state index is 0.119. The number of ketones is 1. The number of hydrogen-bond donors (Lipinski definition) is 1. The summed E-state index contributed by atoms with van der Waals surface area (Å²) in [4.78, 5) is 11.0. The molecule has 0 atom stereocenters. The Labute approximate surface area is 69.5 Å². The average Bonchev–Trinajstić information content (AvgIpc) is 2.05. The van der Waals surface area contributed by atoms with Gasteiger partial charge in [-0.3, -0.25) is 4.79 Å². The summed E-state index contributed by atoms with van der Waals surface area (Å²) >= 11 is 0. The summed E-state index contributed by atoms with van der Waals surface area (Å²) in [5.74, 6) is 0.362. The van der Waals surface area contributed by atoms with E-state index in [0.29, 0.717) is 6.42 Å². The highest BCUT2D eigenvalue weighted by Crippen LogP contribution is 2.00. The third-order valence-electron chi connectivity index (χ3n) is 1.91. The van der Waals surface area contributed by atoms with Crippen molar-refractivity contribution in [3.63, 3.8) is 0 Å². The van der Waals surface area contributed by atoms with Crippen LogP contribution >= 0.6 is 0 Å². The van der Waals surface area contributed by atoms with Gasteiger partial charge in [0.15, 0.2) is 5.78 Å². The summed E-state index contributed by atoms with van der Waals surface area (Å²) < 4.78 is 0. The largest absolute Gasteiger partial charge is 0.508 e. The molecular formula is C10H8O2. The molecule has 1 aromatic rings. The average molecular weight is 160 g/mol. The molecule has 0 amide bonds. The molecule has 2 heteroatoms. The molecule has 0 fully saturated rings. The van der Waals surface area contributed by atoms with Crippen LogP contribution in [0.25, 0.3) is 12.2 Å². The number of aromatic hydroxyl groups is 1. The van der Waals surface area contributed by atoms with Gasteiger partial charge in [0.2, 0.25) is 0 Å². The SMILES string of the molecule is O=C1C=c2ccc(O)cc2=CC1. The second-order valence-electron chi connectivity index (χ2n) is 2.83. The molecule has 0 radical (unpaired) electrons. The Balaban J connectivity index is 2.79. The van der Waals surface area contributed by atoms with Crippen LogP contribution in [0.5, 0.6) is 5.75 Å². The standard InChI is InChI=1S/C10H8O2/c11-9-3-1-7-5-10(12)4-2-8(7)6-9/h1-3,5-6,11H,4H2. The predicted molar refractivity (Wildman–Crippen MR) is 45.9 cm³/mol. The number of hydrogen-bond acceptors (Lipinski definition) is 2. The van der Waals surface area contributed by atoms with Crippen molar-refractivity contribution in [1.82, 2.24) is 0 Å². The van der Waals surface area contributed by atoms with Gasteiger partial charge in [-0.2, -0.15) is 0 Å². The molecule has 1 aliphatic rings. The van der Waals surface area contributed by atoms with Gasteiger partial charge >= 0.3 is 0 Å². The van der Waals surface area contributed by atoms with Crippen LogP contribution < -0.4 is 10.4 Å². The van der Waals surface area contributed by atoms with Gasteiger partial charge in [0.1, 0.15) is 5.75 Å². The van der Waals surface area contributed by atoms with E-state index in [9.17, 15) is 4.79 Å². The molecular weight excluding hydrogens is 152 g/mol. The minimum absolute atomic E-state index is 0.119. The number of rotatable bonds is 0. The maximum absolute atomic E-state index is 11.0. The van der Waals surface area contributed by atoms with E-state index in [2.05, 4.69) is 0 Å². The molecule has 0 saturated heterocycles. The first-order valence-corrected chi connectivity index (χ1v) is 3.79. The molecule has 0 aromatic heterocycles. The van der Waals surface area contributed by atoms with E-state index in [-0.39, 0.29) is 11.5 Å². The quantitative estimate of drug-likeness (QED) is 0.576. The van der Waals surface area contributed by atoms with Gasteiger partial charge in [-0.1, -0.05) is 12.1 Å². The van der Waals surface area contributed by atoms with E-state index in [1.54, 1.807) is 24.3 Å². The molecule has 0 spiro atoms. The monoisotopic (exact) mass is 160 g/mol.